The van der Waals surface area contributed by atoms with Crippen LogP contribution >= 0.6 is 0 Å². The second kappa shape index (κ2) is 15.9. The molecule has 3 rings (SSSR count). The van der Waals surface area contributed by atoms with Crippen molar-refractivity contribution in [2.75, 3.05) is 32.5 Å². The molecular weight excluding hydrogens is 578 g/mol. The number of nitrogens with zero attached hydrogens (tertiary/aromatic N) is 4. The molecule has 230 valence electrons. The molecule has 4 N–H and O–H groups in total. The van der Waals surface area contributed by atoms with E-state index in [9.17, 15) is 31.1 Å². The van der Waals surface area contributed by atoms with Gasteiger partial charge in [-0.05, 0) is 45.3 Å². The smallest absolute Gasteiger partial charge is 0.475 e. The number of aryl methyl sites for hydroxylation is 1. The molecule has 1 aromatic carbocycles. The average molecular weight is 607 g/mol. The van der Waals surface area contributed by atoms with Gasteiger partial charge >= 0.3 is 24.3 Å². The number of aliphatic carboxylic acids is 2. The molecule has 1 amide bonds. The van der Waals surface area contributed by atoms with Crippen LogP contribution in [0.25, 0.3) is 11.1 Å². The number of carboxylic acids is 2. The number of carboxylic acid groups (broad SMARTS) is 2. The van der Waals surface area contributed by atoms with Crippen LogP contribution in [0.15, 0.2) is 55.0 Å². The van der Waals surface area contributed by atoms with Crippen LogP contribution in [-0.4, -0.2) is 87.0 Å². The highest BCUT2D eigenvalue weighted by molar-refractivity contribution is 5.94. The van der Waals surface area contributed by atoms with E-state index in [2.05, 4.69) is 25.5 Å². The number of carbonyl (C=O) groups excluding carboxylic acids is 1. The molecule has 3 aromatic rings. The van der Waals surface area contributed by atoms with Gasteiger partial charge in [0, 0.05) is 49.0 Å². The summed E-state index contributed by atoms with van der Waals surface area (Å²) in [7, 11) is 5.91. The lowest BCUT2D eigenvalue weighted by Crippen LogP contribution is -2.28. The van der Waals surface area contributed by atoms with Gasteiger partial charge in [-0.2, -0.15) is 26.3 Å². The zero-order valence-corrected chi connectivity index (χ0v) is 22.5. The van der Waals surface area contributed by atoms with Crippen LogP contribution in [0.2, 0.25) is 0 Å². The Labute approximate surface area is 235 Å². The molecule has 0 atom stereocenters. The minimum absolute atomic E-state index is 0.0733. The number of benzene rings is 1. The van der Waals surface area contributed by atoms with Gasteiger partial charge in [0.25, 0.3) is 5.91 Å². The fourth-order valence-corrected chi connectivity index (χ4v) is 2.83. The van der Waals surface area contributed by atoms with Gasteiger partial charge in [-0.15, -0.1) is 0 Å². The normalized spacial score (nSPS) is 11.0. The standard InChI is InChI=1S/C21H26N6O.2C2HF3O2/c1-26(2)11-7-10-22-20(28)19-12-16(15-27(19)3)17-13-23-21(24-14-17)25-18-8-5-4-6-9-18;2*3-2(4,5)1(6)7/h4-6,8-9,12-15H,7,10-11H2,1-3H3,(H,22,28)(H,23,24,25);2*(H,6,7). The van der Waals surface area contributed by atoms with Gasteiger partial charge in [0.15, 0.2) is 0 Å². The highest BCUT2D eigenvalue weighted by Crippen LogP contribution is 2.22. The minimum atomic E-state index is -5.08. The van der Waals surface area contributed by atoms with Crippen molar-refractivity contribution in [3.63, 3.8) is 0 Å². The molecule has 0 saturated heterocycles. The maximum atomic E-state index is 12.4. The number of carbonyl (C=O) groups is 3. The van der Waals surface area contributed by atoms with Crippen molar-refractivity contribution in [2.45, 2.75) is 18.8 Å². The second-order valence-corrected chi connectivity index (χ2v) is 8.53. The summed E-state index contributed by atoms with van der Waals surface area (Å²) in [5, 5.41) is 20.4. The van der Waals surface area contributed by atoms with Crippen molar-refractivity contribution in [2.24, 2.45) is 7.05 Å². The zero-order valence-electron chi connectivity index (χ0n) is 22.5. The van der Waals surface area contributed by atoms with E-state index in [-0.39, 0.29) is 5.91 Å². The third kappa shape index (κ3) is 13.1. The number of hydrogen-bond acceptors (Lipinski definition) is 7. The topological polar surface area (TPSA) is 150 Å². The van der Waals surface area contributed by atoms with Crippen molar-refractivity contribution in [1.82, 2.24) is 24.8 Å². The summed E-state index contributed by atoms with van der Waals surface area (Å²) in [4.78, 5) is 41.1. The van der Waals surface area contributed by atoms with E-state index in [1.807, 2.05) is 68.3 Å². The van der Waals surface area contributed by atoms with E-state index in [4.69, 9.17) is 19.8 Å². The summed E-state index contributed by atoms with van der Waals surface area (Å²) in [5.41, 5.74) is 3.32. The first-order chi connectivity index (χ1) is 19.4. The predicted octanol–water partition coefficient (Wildman–Crippen LogP) is 4.17. The molecule has 0 fully saturated rings. The quantitative estimate of drug-likeness (QED) is 0.219. The van der Waals surface area contributed by atoms with Crippen molar-refractivity contribution in [1.29, 1.82) is 0 Å². The van der Waals surface area contributed by atoms with Crippen LogP contribution in [0.1, 0.15) is 16.9 Å². The van der Waals surface area contributed by atoms with Crippen LogP contribution in [0.4, 0.5) is 38.0 Å². The van der Waals surface area contributed by atoms with Gasteiger partial charge in [-0.3, -0.25) is 4.79 Å². The Morgan fingerprint density at radius 1 is 0.905 bits per heavy atom. The third-order valence-corrected chi connectivity index (χ3v) is 4.81. The van der Waals surface area contributed by atoms with Gasteiger partial charge in [0.05, 0.1) is 0 Å². The molecule has 2 aromatic heterocycles. The van der Waals surface area contributed by atoms with Crippen LogP contribution < -0.4 is 10.6 Å². The Kier molecular flexibility index (Phi) is 13.4. The first-order valence-electron chi connectivity index (χ1n) is 11.8. The van der Waals surface area contributed by atoms with Gasteiger partial charge < -0.3 is 30.3 Å². The molecule has 0 spiro atoms. The molecule has 0 bridgehead atoms. The van der Waals surface area contributed by atoms with Crippen LogP contribution in [0, 0.1) is 0 Å². The van der Waals surface area contributed by atoms with Gasteiger partial charge in [-0.1, -0.05) is 18.2 Å². The van der Waals surface area contributed by atoms with Crippen LogP contribution in [-0.2, 0) is 16.6 Å². The van der Waals surface area contributed by atoms with E-state index in [1.165, 1.54) is 0 Å². The highest BCUT2D eigenvalue weighted by Gasteiger charge is 2.38. The largest absolute Gasteiger partial charge is 0.490 e. The number of amides is 1. The van der Waals surface area contributed by atoms with Crippen LogP contribution in [0.3, 0.4) is 0 Å². The molecule has 11 nitrogen and oxygen atoms in total. The van der Waals surface area contributed by atoms with E-state index in [0.717, 1.165) is 29.8 Å². The fraction of sp³-hybridized carbons (Fsp3) is 0.320. The molecule has 0 aliphatic rings. The Morgan fingerprint density at radius 3 is 1.86 bits per heavy atom. The molecule has 2 heterocycles. The number of hydrogen-bond donors (Lipinski definition) is 4. The molecule has 0 aliphatic carbocycles. The second-order valence-electron chi connectivity index (χ2n) is 8.53. The SMILES string of the molecule is CN(C)CCCNC(=O)c1cc(-c2cnc(Nc3ccccc3)nc2)cn1C.O=C(O)C(F)(F)F.O=C(O)C(F)(F)F. The van der Waals surface area contributed by atoms with E-state index in [1.54, 1.807) is 12.4 Å². The molecule has 42 heavy (non-hydrogen) atoms. The van der Waals surface area contributed by atoms with E-state index in [0.29, 0.717) is 18.2 Å². The lowest BCUT2D eigenvalue weighted by molar-refractivity contribution is -0.193. The maximum Gasteiger partial charge on any atom is 0.490 e. The molecule has 17 heteroatoms. The van der Waals surface area contributed by atoms with Crippen LogP contribution in [0.5, 0.6) is 0 Å². The lowest BCUT2D eigenvalue weighted by atomic mass is 10.2. The highest BCUT2D eigenvalue weighted by atomic mass is 19.4. The van der Waals surface area contributed by atoms with Crippen molar-refractivity contribution < 1.29 is 50.9 Å². The van der Waals surface area contributed by atoms with E-state index >= 15 is 0 Å². The number of alkyl halides is 6. The number of anilines is 2. The summed E-state index contributed by atoms with van der Waals surface area (Å²) in [6.45, 7) is 1.60. The monoisotopic (exact) mass is 606 g/mol. The van der Waals surface area contributed by atoms with Gasteiger partial charge in [0.2, 0.25) is 5.95 Å². The Morgan fingerprint density at radius 2 is 1.40 bits per heavy atom. The number of nitrogens with one attached hydrogen (secondary N) is 2. The van der Waals surface area contributed by atoms with Gasteiger partial charge in [0.1, 0.15) is 5.69 Å². The fourth-order valence-electron chi connectivity index (χ4n) is 2.83. The first kappa shape index (κ1) is 35.4. The molecule has 0 aliphatic heterocycles. The summed E-state index contributed by atoms with van der Waals surface area (Å²) >= 11 is 0. The summed E-state index contributed by atoms with van der Waals surface area (Å²) in [5.74, 6) is -5.06. The zero-order chi connectivity index (χ0) is 32.1. The van der Waals surface area contributed by atoms with Crippen molar-refractivity contribution in [3.05, 3.63) is 60.7 Å². The summed E-state index contributed by atoms with van der Waals surface area (Å²) < 4.78 is 65.3. The number of rotatable bonds is 8. The maximum absolute atomic E-state index is 12.4. The Hall–Kier alpha value is -4.67. The molecule has 0 saturated carbocycles. The molecule has 0 radical (unpaired) electrons. The van der Waals surface area contributed by atoms with Gasteiger partial charge in [-0.25, -0.2) is 19.6 Å². The Bertz CT molecular complexity index is 1270. The van der Waals surface area contributed by atoms with Crippen molar-refractivity contribution in [3.8, 4) is 11.1 Å². The molecule has 0 unspecified atom stereocenters. The molecular formula is C25H28F6N6O5. The third-order valence-electron chi connectivity index (χ3n) is 4.81. The van der Waals surface area contributed by atoms with Crippen molar-refractivity contribution >= 4 is 29.5 Å². The van der Waals surface area contributed by atoms with E-state index < -0.39 is 24.3 Å². The number of para-hydroxylation sites is 1. The minimum Gasteiger partial charge on any atom is -0.475 e. The number of halogens is 6. The summed E-state index contributed by atoms with van der Waals surface area (Å²) in [6.07, 6.45) is -3.82. The first-order valence-corrected chi connectivity index (χ1v) is 11.8. The Balaban J connectivity index is 0.000000522. The predicted molar refractivity (Wildman–Crippen MR) is 139 cm³/mol. The lowest BCUT2D eigenvalue weighted by Gasteiger charge is -2.10. The average Bonchev–Trinajstić information content (AvgIpc) is 3.28. The number of aromatic nitrogens is 3. The summed E-state index contributed by atoms with van der Waals surface area (Å²) in [6, 6.07) is 11.6.